The average molecular weight is 378 g/mol. The normalized spacial score (nSPS) is 11.1. The zero-order chi connectivity index (χ0) is 17.5. The minimum absolute atomic E-state index is 0.0291. The highest BCUT2D eigenvalue weighted by molar-refractivity contribution is 6.31. The van der Waals surface area contributed by atoms with Crippen molar-refractivity contribution in [1.82, 2.24) is 15.3 Å². The standard InChI is InChI=1S/C15H15Cl2F2N3O2/c16-12-3-9(5-22-15(12)24-8-13(18)19)4-20-6-11-10(7-23)1-2-21-14(11)17/h1-3,5,13,20,23H,4,6-8H2. The molecule has 9 heteroatoms. The predicted octanol–water partition coefficient (Wildman–Crippen LogP) is 3.21. The van der Waals surface area contributed by atoms with Crippen molar-refractivity contribution in [2.45, 2.75) is 26.1 Å². The number of ether oxygens (including phenoxy) is 1. The molecule has 2 rings (SSSR count). The van der Waals surface area contributed by atoms with Gasteiger partial charge in [-0.2, -0.15) is 0 Å². The Labute approximate surface area is 147 Å². The molecule has 0 radical (unpaired) electrons. The van der Waals surface area contributed by atoms with Crippen molar-refractivity contribution in [1.29, 1.82) is 0 Å². The molecule has 0 aliphatic heterocycles. The van der Waals surface area contributed by atoms with E-state index in [0.29, 0.717) is 29.4 Å². The number of nitrogens with one attached hydrogen (secondary N) is 1. The third-order valence-corrected chi connectivity index (χ3v) is 3.71. The molecule has 0 unspecified atom stereocenters. The van der Waals surface area contributed by atoms with Crippen molar-refractivity contribution < 1.29 is 18.6 Å². The van der Waals surface area contributed by atoms with Crippen LogP contribution in [0, 0.1) is 0 Å². The average Bonchev–Trinajstić information content (AvgIpc) is 2.55. The summed E-state index contributed by atoms with van der Waals surface area (Å²) in [6.45, 7) is -0.0850. The Morgan fingerprint density at radius 3 is 2.71 bits per heavy atom. The summed E-state index contributed by atoms with van der Waals surface area (Å²) < 4.78 is 29.0. The van der Waals surface area contributed by atoms with Crippen molar-refractivity contribution >= 4 is 23.2 Å². The molecule has 0 aromatic carbocycles. The molecule has 0 aliphatic rings. The first kappa shape index (κ1) is 18.8. The van der Waals surface area contributed by atoms with Crippen LogP contribution in [-0.2, 0) is 19.7 Å². The highest BCUT2D eigenvalue weighted by Gasteiger charge is 2.10. The van der Waals surface area contributed by atoms with E-state index in [4.69, 9.17) is 27.9 Å². The number of hydrogen-bond acceptors (Lipinski definition) is 5. The highest BCUT2D eigenvalue weighted by atomic mass is 35.5. The van der Waals surface area contributed by atoms with Crippen LogP contribution in [0.15, 0.2) is 24.5 Å². The Morgan fingerprint density at radius 2 is 2.04 bits per heavy atom. The molecule has 2 aromatic rings. The maximum Gasteiger partial charge on any atom is 0.272 e. The fraction of sp³-hybridized carbons (Fsp3) is 0.333. The summed E-state index contributed by atoms with van der Waals surface area (Å²) in [6, 6.07) is 3.27. The van der Waals surface area contributed by atoms with Gasteiger partial charge >= 0.3 is 0 Å². The van der Waals surface area contributed by atoms with Gasteiger partial charge in [0, 0.05) is 31.0 Å². The Balaban J connectivity index is 1.94. The van der Waals surface area contributed by atoms with Crippen molar-refractivity contribution in [2.75, 3.05) is 6.61 Å². The number of alkyl halides is 2. The second-order valence-corrected chi connectivity index (χ2v) is 5.60. The summed E-state index contributed by atoms with van der Waals surface area (Å²) in [5, 5.41) is 12.9. The topological polar surface area (TPSA) is 67.3 Å². The van der Waals surface area contributed by atoms with Crippen LogP contribution in [0.2, 0.25) is 10.2 Å². The third kappa shape index (κ3) is 5.24. The molecule has 130 valence electrons. The van der Waals surface area contributed by atoms with Gasteiger partial charge in [-0.3, -0.25) is 0 Å². The van der Waals surface area contributed by atoms with Crippen LogP contribution < -0.4 is 10.1 Å². The van der Waals surface area contributed by atoms with Crippen LogP contribution in [0.25, 0.3) is 0 Å². The van der Waals surface area contributed by atoms with Crippen LogP contribution >= 0.6 is 23.2 Å². The summed E-state index contributed by atoms with van der Waals surface area (Å²) in [5.74, 6) is -0.0291. The quantitative estimate of drug-likeness (QED) is 0.691. The highest BCUT2D eigenvalue weighted by Crippen LogP contribution is 2.23. The summed E-state index contributed by atoms with van der Waals surface area (Å²) in [4.78, 5) is 7.90. The molecule has 0 amide bonds. The van der Waals surface area contributed by atoms with Crippen molar-refractivity contribution in [3.05, 3.63) is 51.4 Å². The summed E-state index contributed by atoms with van der Waals surface area (Å²) in [5.41, 5.74) is 2.14. The van der Waals surface area contributed by atoms with Crippen LogP contribution in [0.3, 0.4) is 0 Å². The van der Waals surface area contributed by atoms with Crippen molar-refractivity contribution in [3.8, 4) is 5.88 Å². The van der Waals surface area contributed by atoms with Crippen molar-refractivity contribution in [2.24, 2.45) is 0 Å². The molecule has 2 heterocycles. The van der Waals surface area contributed by atoms with Gasteiger partial charge in [0.15, 0.2) is 6.61 Å². The Hall–Kier alpha value is -1.54. The number of aliphatic hydroxyl groups excluding tert-OH is 1. The number of nitrogens with zero attached hydrogens (tertiary/aromatic N) is 2. The van der Waals surface area contributed by atoms with E-state index in [2.05, 4.69) is 15.3 Å². The van der Waals surface area contributed by atoms with Crippen LogP contribution in [0.4, 0.5) is 8.78 Å². The summed E-state index contributed by atoms with van der Waals surface area (Å²) in [7, 11) is 0. The van der Waals surface area contributed by atoms with Gasteiger partial charge in [0.05, 0.1) is 6.61 Å². The Bertz CT molecular complexity index is 690. The number of hydrogen-bond donors (Lipinski definition) is 2. The zero-order valence-corrected chi connectivity index (χ0v) is 14.0. The van der Waals surface area contributed by atoms with Crippen LogP contribution in [0.1, 0.15) is 16.7 Å². The first-order valence-corrected chi connectivity index (χ1v) is 7.76. The molecule has 5 nitrogen and oxygen atoms in total. The first-order valence-electron chi connectivity index (χ1n) is 7.00. The maximum atomic E-state index is 12.1. The van der Waals surface area contributed by atoms with Gasteiger partial charge in [-0.25, -0.2) is 18.7 Å². The molecule has 0 saturated carbocycles. The molecule has 2 N–H and O–H groups in total. The van der Waals surface area contributed by atoms with E-state index < -0.39 is 13.0 Å². The number of rotatable bonds is 8. The van der Waals surface area contributed by atoms with Crippen LogP contribution in [-0.4, -0.2) is 28.1 Å². The van der Waals surface area contributed by atoms with Gasteiger partial charge in [-0.05, 0) is 23.3 Å². The smallest absolute Gasteiger partial charge is 0.272 e. The number of halogens is 4. The predicted molar refractivity (Wildman–Crippen MR) is 86.5 cm³/mol. The molecular weight excluding hydrogens is 363 g/mol. The summed E-state index contributed by atoms with van der Waals surface area (Å²) in [6.07, 6.45) is 0.422. The second-order valence-electron chi connectivity index (χ2n) is 4.83. The van der Waals surface area contributed by atoms with E-state index in [-0.39, 0.29) is 17.5 Å². The number of aromatic nitrogens is 2. The molecule has 0 atom stereocenters. The van der Waals surface area contributed by atoms with E-state index in [9.17, 15) is 13.9 Å². The second kappa shape index (κ2) is 9.08. The molecule has 0 fully saturated rings. The number of aliphatic hydroxyl groups is 1. The van der Waals surface area contributed by atoms with E-state index in [1.54, 1.807) is 12.1 Å². The van der Waals surface area contributed by atoms with Gasteiger partial charge in [-0.1, -0.05) is 23.2 Å². The molecule has 0 saturated heterocycles. The first-order chi connectivity index (χ1) is 11.5. The Morgan fingerprint density at radius 1 is 1.25 bits per heavy atom. The lowest BCUT2D eigenvalue weighted by molar-refractivity contribution is 0.0796. The minimum atomic E-state index is -2.59. The lowest BCUT2D eigenvalue weighted by Gasteiger charge is -2.11. The maximum absolute atomic E-state index is 12.1. The molecule has 0 aliphatic carbocycles. The fourth-order valence-corrected chi connectivity index (χ4v) is 2.47. The molecule has 0 bridgehead atoms. The molecular formula is C15H15Cl2F2N3O2. The van der Waals surface area contributed by atoms with Gasteiger partial charge in [0.25, 0.3) is 6.43 Å². The lowest BCUT2D eigenvalue weighted by atomic mass is 10.1. The summed E-state index contributed by atoms with van der Waals surface area (Å²) >= 11 is 12.0. The van der Waals surface area contributed by atoms with E-state index in [1.165, 1.54) is 12.4 Å². The van der Waals surface area contributed by atoms with E-state index in [1.807, 2.05) is 0 Å². The van der Waals surface area contributed by atoms with Gasteiger partial charge < -0.3 is 15.2 Å². The monoisotopic (exact) mass is 377 g/mol. The van der Waals surface area contributed by atoms with E-state index in [0.717, 1.165) is 5.56 Å². The van der Waals surface area contributed by atoms with E-state index >= 15 is 0 Å². The molecule has 2 aromatic heterocycles. The minimum Gasteiger partial charge on any atom is -0.471 e. The number of pyridine rings is 2. The van der Waals surface area contributed by atoms with Gasteiger partial charge in [0.2, 0.25) is 5.88 Å². The Kier molecular flexibility index (Phi) is 7.11. The SMILES string of the molecule is OCc1ccnc(Cl)c1CNCc1cnc(OCC(F)F)c(Cl)c1. The molecule has 0 spiro atoms. The van der Waals surface area contributed by atoms with Gasteiger partial charge in [-0.15, -0.1) is 0 Å². The molecule has 24 heavy (non-hydrogen) atoms. The van der Waals surface area contributed by atoms with Gasteiger partial charge in [0.1, 0.15) is 10.2 Å². The zero-order valence-electron chi connectivity index (χ0n) is 12.5. The fourth-order valence-electron chi connectivity index (χ4n) is 1.98. The largest absolute Gasteiger partial charge is 0.471 e. The third-order valence-electron chi connectivity index (χ3n) is 3.11. The lowest BCUT2D eigenvalue weighted by Crippen LogP contribution is -2.15. The van der Waals surface area contributed by atoms with Crippen molar-refractivity contribution in [3.63, 3.8) is 0 Å². The van der Waals surface area contributed by atoms with Crippen LogP contribution in [0.5, 0.6) is 5.88 Å².